The van der Waals surface area contributed by atoms with Crippen LogP contribution >= 0.6 is 0 Å². The van der Waals surface area contributed by atoms with E-state index in [4.69, 9.17) is 93.2 Å². The third-order valence-electron chi connectivity index (χ3n) is 10.9. The lowest BCUT2D eigenvalue weighted by molar-refractivity contribution is -0.291. The second-order valence-corrected chi connectivity index (χ2v) is 15.1. The SMILES string of the molecule is NC[C@H]1O[C@H](O[C@@H]2[C@@H](OCCOCCOCCOCCOCCO[C@@H]3[C@@H](O)[C@H](N)C[C@H](N)[C@H]3O[C@H]3O[C@H](CN)[C@@H](O)[C@H](O)[C@H]3N)[C@H](O)[C@@H](N)C[C@H]2N)[C@H](N)[C@@H](O)[C@@H]1O. The van der Waals surface area contributed by atoms with Crippen LogP contribution in [0.3, 0.4) is 0 Å². The van der Waals surface area contributed by atoms with E-state index in [9.17, 15) is 30.6 Å². The van der Waals surface area contributed by atoms with Gasteiger partial charge in [-0.15, -0.1) is 0 Å². The molecule has 0 amide bonds. The van der Waals surface area contributed by atoms with E-state index < -0.39 is 122 Å². The molecule has 24 heteroatoms. The predicted octanol–water partition coefficient (Wildman–Crippen LogP) is -9.10. The molecule has 20 atom stereocenters. The van der Waals surface area contributed by atoms with Crippen molar-refractivity contribution < 1.29 is 78.0 Å². The minimum absolute atomic E-state index is 0.0761. The van der Waals surface area contributed by atoms with Crippen molar-refractivity contribution >= 4 is 0 Å². The van der Waals surface area contributed by atoms with Gasteiger partial charge in [0, 0.05) is 37.3 Å². The summed E-state index contributed by atoms with van der Waals surface area (Å²) in [6, 6.07) is -4.82. The Morgan fingerprint density at radius 3 is 1.02 bits per heavy atom. The molecule has 0 aromatic carbocycles. The smallest absolute Gasteiger partial charge is 0.176 e. The highest BCUT2D eigenvalue weighted by Gasteiger charge is 2.50. The first kappa shape index (κ1) is 49.7. The molecular formula is C34H70N8O16. The van der Waals surface area contributed by atoms with Crippen molar-refractivity contribution in [1.29, 1.82) is 0 Å². The molecule has 4 aliphatic rings. The zero-order valence-corrected chi connectivity index (χ0v) is 32.8. The van der Waals surface area contributed by atoms with Crippen molar-refractivity contribution in [2.45, 2.75) is 135 Å². The number of ether oxygens (including phenoxy) is 10. The maximum atomic E-state index is 10.8. The summed E-state index contributed by atoms with van der Waals surface area (Å²) in [6.07, 6.45) is -14.8. The lowest BCUT2D eigenvalue weighted by atomic mass is 9.84. The lowest BCUT2D eigenvalue weighted by Gasteiger charge is -2.46. The molecular weight excluding hydrogens is 776 g/mol. The van der Waals surface area contributed by atoms with E-state index in [1.807, 2.05) is 0 Å². The molecule has 2 aliphatic carbocycles. The van der Waals surface area contributed by atoms with Crippen molar-refractivity contribution in [3.63, 3.8) is 0 Å². The average Bonchev–Trinajstić information content (AvgIpc) is 3.20. The third kappa shape index (κ3) is 13.3. The molecule has 22 N–H and O–H groups in total. The molecule has 0 spiro atoms. The highest BCUT2D eigenvalue weighted by molar-refractivity contribution is 5.02. The summed E-state index contributed by atoms with van der Waals surface area (Å²) < 4.78 is 57.4. The number of rotatable bonds is 23. The van der Waals surface area contributed by atoms with Crippen LogP contribution in [0.5, 0.6) is 0 Å². The molecule has 342 valence electrons. The number of aliphatic hydroxyl groups is 6. The number of hydrogen-bond donors (Lipinski definition) is 14. The van der Waals surface area contributed by atoms with E-state index in [1.165, 1.54) is 0 Å². The highest BCUT2D eigenvalue weighted by atomic mass is 16.7. The monoisotopic (exact) mass is 846 g/mol. The Kier molecular flexibility index (Phi) is 21.1. The molecule has 4 fully saturated rings. The molecule has 2 saturated heterocycles. The molecule has 2 saturated carbocycles. The van der Waals surface area contributed by atoms with Crippen LogP contribution in [0.1, 0.15) is 12.8 Å². The Morgan fingerprint density at radius 1 is 0.397 bits per heavy atom. The molecule has 4 rings (SSSR count). The summed E-state index contributed by atoms with van der Waals surface area (Å²) in [5.74, 6) is 0. The van der Waals surface area contributed by atoms with Gasteiger partial charge in [0.05, 0.1) is 90.4 Å². The summed E-state index contributed by atoms with van der Waals surface area (Å²) in [5.41, 5.74) is 48.2. The molecule has 0 aromatic rings. The third-order valence-corrected chi connectivity index (χ3v) is 10.9. The fraction of sp³-hybridized carbons (Fsp3) is 1.00. The van der Waals surface area contributed by atoms with E-state index in [0.29, 0.717) is 13.2 Å². The molecule has 2 aliphatic heterocycles. The molecule has 24 nitrogen and oxygen atoms in total. The Hall–Kier alpha value is -0.960. The first-order valence-corrected chi connectivity index (χ1v) is 19.9. The van der Waals surface area contributed by atoms with Crippen LogP contribution in [0.15, 0.2) is 0 Å². The first-order chi connectivity index (χ1) is 27.7. The van der Waals surface area contributed by atoms with Gasteiger partial charge in [-0.1, -0.05) is 0 Å². The molecule has 2 heterocycles. The standard InChI is InChI=1S/C34H70N8O16/c35-13-19-25(45)27(47)21(41)33(55-19)57-29-17(39)11-15(37)23(43)31(29)53-9-7-51-5-3-49-1-2-50-4-6-52-8-10-54-32-24(44)16(38)12-18(40)30(32)58-34-22(42)28(48)26(46)20(14-36)56-34/h15-34,43-48H,1-14,35-42H2/t15-,16+,17+,18-,19-,20-,21-,22-,23+,24-,25-,26-,27-,28-,29-,30+,31-,32+,33-,34-/m1/s1. The predicted molar refractivity (Wildman–Crippen MR) is 201 cm³/mol. The van der Waals surface area contributed by atoms with Gasteiger partial charge in [0.15, 0.2) is 12.6 Å². The van der Waals surface area contributed by atoms with Crippen LogP contribution in [-0.2, 0) is 47.4 Å². The van der Waals surface area contributed by atoms with Gasteiger partial charge in [-0.25, -0.2) is 0 Å². The zero-order valence-electron chi connectivity index (χ0n) is 32.8. The summed E-state index contributed by atoms with van der Waals surface area (Å²) in [7, 11) is 0. The first-order valence-electron chi connectivity index (χ1n) is 19.9. The van der Waals surface area contributed by atoms with Crippen LogP contribution in [0.2, 0.25) is 0 Å². The van der Waals surface area contributed by atoms with Gasteiger partial charge in [0.2, 0.25) is 0 Å². The van der Waals surface area contributed by atoms with Gasteiger partial charge in [-0.3, -0.25) is 0 Å². The number of aliphatic hydroxyl groups excluding tert-OH is 6. The van der Waals surface area contributed by atoms with Crippen LogP contribution in [0, 0.1) is 0 Å². The van der Waals surface area contributed by atoms with Gasteiger partial charge in [-0.05, 0) is 12.8 Å². The highest BCUT2D eigenvalue weighted by Crippen LogP contribution is 2.30. The Bertz CT molecular complexity index is 1060. The fourth-order valence-corrected chi connectivity index (χ4v) is 7.38. The lowest BCUT2D eigenvalue weighted by Crippen LogP contribution is -2.67. The molecule has 58 heavy (non-hydrogen) atoms. The van der Waals surface area contributed by atoms with Gasteiger partial charge in [0.1, 0.15) is 61.0 Å². The van der Waals surface area contributed by atoms with E-state index in [0.717, 1.165) is 0 Å². The van der Waals surface area contributed by atoms with Crippen LogP contribution in [0.4, 0.5) is 0 Å². The van der Waals surface area contributed by atoms with Gasteiger partial charge >= 0.3 is 0 Å². The Labute approximate surface area is 337 Å². The van der Waals surface area contributed by atoms with E-state index in [-0.39, 0.29) is 78.8 Å². The maximum absolute atomic E-state index is 10.8. The zero-order chi connectivity index (χ0) is 42.5. The molecule has 0 bridgehead atoms. The maximum Gasteiger partial charge on any atom is 0.176 e. The van der Waals surface area contributed by atoms with Crippen LogP contribution in [0.25, 0.3) is 0 Å². The number of hydrogen-bond acceptors (Lipinski definition) is 24. The summed E-state index contributed by atoms with van der Waals surface area (Å²) in [4.78, 5) is 0. The molecule has 0 aromatic heterocycles. The van der Waals surface area contributed by atoms with E-state index >= 15 is 0 Å². The molecule has 0 unspecified atom stereocenters. The van der Waals surface area contributed by atoms with Gasteiger partial charge in [-0.2, -0.15) is 0 Å². The topological polar surface area (TPSA) is 422 Å². The Balaban J connectivity index is 1.04. The molecule has 0 radical (unpaired) electrons. The normalized spacial score (nSPS) is 43.8. The van der Waals surface area contributed by atoms with Gasteiger partial charge in [0.25, 0.3) is 0 Å². The van der Waals surface area contributed by atoms with E-state index in [1.54, 1.807) is 0 Å². The van der Waals surface area contributed by atoms with E-state index in [2.05, 4.69) is 0 Å². The second-order valence-electron chi connectivity index (χ2n) is 15.1. The van der Waals surface area contributed by atoms with Gasteiger partial charge < -0.3 is 124 Å². The van der Waals surface area contributed by atoms with Crippen molar-refractivity contribution in [3.8, 4) is 0 Å². The number of nitrogens with two attached hydrogens (primary N) is 8. The van der Waals surface area contributed by atoms with Crippen molar-refractivity contribution in [2.75, 3.05) is 79.2 Å². The minimum Gasteiger partial charge on any atom is -0.389 e. The fourth-order valence-electron chi connectivity index (χ4n) is 7.38. The van der Waals surface area contributed by atoms with Crippen molar-refractivity contribution in [1.82, 2.24) is 0 Å². The quantitative estimate of drug-likeness (QED) is 0.0425. The van der Waals surface area contributed by atoms with Crippen molar-refractivity contribution in [3.05, 3.63) is 0 Å². The minimum atomic E-state index is -1.35. The van der Waals surface area contributed by atoms with Crippen LogP contribution < -0.4 is 45.9 Å². The Morgan fingerprint density at radius 2 is 0.707 bits per heavy atom. The summed E-state index contributed by atoms with van der Waals surface area (Å²) in [5, 5.41) is 62.6. The summed E-state index contributed by atoms with van der Waals surface area (Å²) in [6.45, 7) is 2.06. The summed E-state index contributed by atoms with van der Waals surface area (Å²) >= 11 is 0. The average molecular weight is 847 g/mol. The van der Waals surface area contributed by atoms with Crippen LogP contribution in [-0.4, -0.2) is 232 Å². The van der Waals surface area contributed by atoms with Crippen molar-refractivity contribution in [2.24, 2.45) is 45.9 Å². The second kappa shape index (κ2) is 24.6. The largest absolute Gasteiger partial charge is 0.389 e.